The molecule has 2 aromatic carbocycles. The van der Waals surface area contributed by atoms with Gasteiger partial charge in [-0.1, -0.05) is 18.2 Å². The van der Waals surface area contributed by atoms with E-state index in [1.165, 1.54) is 10.7 Å². The molecule has 0 saturated heterocycles. The highest BCUT2D eigenvalue weighted by Crippen LogP contribution is 2.38. The second-order valence-corrected chi connectivity index (χ2v) is 6.64. The third-order valence-electron chi connectivity index (χ3n) is 4.41. The molecule has 0 atom stereocenters. The molecule has 4 rings (SSSR count). The Morgan fingerprint density at radius 3 is 2.30 bits per heavy atom. The van der Waals surface area contributed by atoms with Gasteiger partial charge in [0.2, 0.25) is 5.91 Å². The summed E-state index contributed by atoms with van der Waals surface area (Å²) in [5, 5.41) is 10.4. The van der Waals surface area contributed by atoms with E-state index in [2.05, 4.69) is 15.7 Å². The number of rotatable bonds is 6. The van der Waals surface area contributed by atoms with Crippen LogP contribution in [-0.2, 0) is 11.3 Å². The van der Waals surface area contributed by atoms with Crippen LogP contribution in [0, 0.1) is 0 Å². The van der Waals surface area contributed by atoms with Gasteiger partial charge in [-0.05, 0) is 55.3 Å². The van der Waals surface area contributed by atoms with Gasteiger partial charge in [-0.25, -0.2) is 4.68 Å². The van der Waals surface area contributed by atoms with Crippen LogP contribution in [0.2, 0.25) is 0 Å². The standard InChI is InChI=1S/C21H20N4O2/c26-20(14-25-21(27)13-12-19(24-25)15-6-7-15)23-18-10-8-17(9-11-18)22-16-4-2-1-3-5-16/h1-5,8-13,15,22H,6-7,14H2,(H,23,26). The minimum absolute atomic E-state index is 0.0938. The predicted octanol–water partition coefficient (Wildman–Crippen LogP) is 3.50. The summed E-state index contributed by atoms with van der Waals surface area (Å²) < 4.78 is 1.23. The van der Waals surface area contributed by atoms with Crippen molar-refractivity contribution in [2.45, 2.75) is 25.3 Å². The smallest absolute Gasteiger partial charge is 0.267 e. The van der Waals surface area contributed by atoms with Crippen LogP contribution >= 0.6 is 0 Å². The van der Waals surface area contributed by atoms with Gasteiger partial charge in [-0.2, -0.15) is 5.10 Å². The fraction of sp³-hybridized carbons (Fsp3) is 0.190. The highest BCUT2D eigenvalue weighted by Gasteiger charge is 2.25. The Kier molecular flexibility index (Phi) is 4.70. The number of carbonyl (C=O) groups excluding carboxylic acids is 1. The molecule has 0 bridgehead atoms. The number of anilines is 3. The molecule has 6 heteroatoms. The molecule has 136 valence electrons. The lowest BCUT2D eigenvalue weighted by Crippen LogP contribution is -2.29. The molecular weight excluding hydrogens is 340 g/mol. The second-order valence-electron chi connectivity index (χ2n) is 6.64. The van der Waals surface area contributed by atoms with E-state index in [1.54, 1.807) is 6.07 Å². The van der Waals surface area contributed by atoms with Gasteiger partial charge in [0.15, 0.2) is 0 Å². The average molecular weight is 360 g/mol. The molecule has 6 nitrogen and oxygen atoms in total. The van der Waals surface area contributed by atoms with Crippen molar-refractivity contribution in [1.82, 2.24) is 9.78 Å². The van der Waals surface area contributed by atoms with Crippen LogP contribution < -0.4 is 16.2 Å². The van der Waals surface area contributed by atoms with Gasteiger partial charge in [0.1, 0.15) is 6.54 Å². The van der Waals surface area contributed by atoms with Gasteiger partial charge in [0, 0.05) is 29.0 Å². The normalized spacial score (nSPS) is 13.2. The maximum Gasteiger partial charge on any atom is 0.267 e. The van der Waals surface area contributed by atoms with Crippen molar-refractivity contribution >= 4 is 23.0 Å². The molecule has 1 saturated carbocycles. The second kappa shape index (κ2) is 7.45. The van der Waals surface area contributed by atoms with Crippen LogP contribution in [-0.4, -0.2) is 15.7 Å². The van der Waals surface area contributed by atoms with Crippen LogP contribution in [0.3, 0.4) is 0 Å². The molecule has 0 radical (unpaired) electrons. The van der Waals surface area contributed by atoms with E-state index in [0.29, 0.717) is 11.6 Å². The van der Waals surface area contributed by atoms with Gasteiger partial charge >= 0.3 is 0 Å². The summed E-state index contributed by atoms with van der Waals surface area (Å²) >= 11 is 0. The molecular formula is C21H20N4O2. The largest absolute Gasteiger partial charge is 0.356 e. The van der Waals surface area contributed by atoms with E-state index < -0.39 is 0 Å². The van der Waals surface area contributed by atoms with Crippen molar-refractivity contribution in [3.8, 4) is 0 Å². The van der Waals surface area contributed by atoms with E-state index in [0.717, 1.165) is 29.9 Å². The molecule has 0 spiro atoms. The number of benzene rings is 2. The van der Waals surface area contributed by atoms with E-state index in [4.69, 9.17) is 0 Å². The van der Waals surface area contributed by atoms with Crippen LogP contribution in [0.25, 0.3) is 0 Å². The van der Waals surface area contributed by atoms with Gasteiger partial charge < -0.3 is 10.6 Å². The number of aromatic nitrogens is 2. The summed E-state index contributed by atoms with van der Waals surface area (Å²) in [6.07, 6.45) is 2.20. The lowest BCUT2D eigenvalue weighted by molar-refractivity contribution is -0.117. The van der Waals surface area contributed by atoms with E-state index in [1.807, 2.05) is 54.6 Å². The summed E-state index contributed by atoms with van der Waals surface area (Å²) in [6.45, 7) is -0.0938. The predicted molar refractivity (Wildman–Crippen MR) is 105 cm³/mol. The molecule has 1 fully saturated rings. The van der Waals surface area contributed by atoms with Crippen molar-refractivity contribution in [3.63, 3.8) is 0 Å². The molecule has 1 amide bonds. The Labute approximate surface area is 156 Å². The minimum Gasteiger partial charge on any atom is -0.356 e. The monoisotopic (exact) mass is 360 g/mol. The Bertz CT molecular complexity index is 993. The maximum absolute atomic E-state index is 12.3. The van der Waals surface area contributed by atoms with Gasteiger partial charge in [-0.15, -0.1) is 0 Å². The minimum atomic E-state index is -0.277. The number of nitrogens with zero attached hydrogens (tertiary/aromatic N) is 2. The molecule has 1 aliphatic carbocycles. The van der Waals surface area contributed by atoms with E-state index in [9.17, 15) is 9.59 Å². The first-order valence-corrected chi connectivity index (χ1v) is 8.97. The SMILES string of the molecule is O=C(Cn1nc(C2CC2)ccc1=O)Nc1ccc(Nc2ccccc2)cc1. The van der Waals surface area contributed by atoms with Crippen molar-refractivity contribution in [2.24, 2.45) is 0 Å². The molecule has 27 heavy (non-hydrogen) atoms. The first kappa shape index (κ1) is 17.0. The molecule has 1 aliphatic rings. The highest BCUT2D eigenvalue weighted by molar-refractivity contribution is 5.90. The van der Waals surface area contributed by atoms with E-state index in [-0.39, 0.29) is 18.0 Å². The fourth-order valence-corrected chi connectivity index (χ4v) is 2.84. The Morgan fingerprint density at radius 1 is 0.926 bits per heavy atom. The van der Waals surface area contributed by atoms with E-state index >= 15 is 0 Å². The molecule has 2 N–H and O–H groups in total. The molecule has 1 heterocycles. The molecule has 3 aromatic rings. The molecule has 0 unspecified atom stereocenters. The third kappa shape index (κ3) is 4.41. The lowest BCUT2D eigenvalue weighted by atomic mass is 10.2. The van der Waals surface area contributed by atoms with Crippen molar-refractivity contribution in [3.05, 3.63) is 82.8 Å². The zero-order chi connectivity index (χ0) is 18.6. The van der Waals surface area contributed by atoms with Gasteiger partial charge in [0.05, 0.1) is 5.69 Å². The van der Waals surface area contributed by atoms with Crippen LogP contribution in [0.4, 0.5) is 17.1 Å². The third-order valence-corrected chi connectivity index (χ3v) is 4.41. The molecule has 1 aromatic heterocycles. The van der Waals surface area contributed by atoms with Crippen LogP contribution in [0.15, 0.2) is 71.5 Å². The number of amides is 1. The Balaban J connectivity index is 1.38. The first-order chi connectivity index (χ1) is 13.2. The highest BCUT2D eigenvalue weighted by atomic mass is 16.2. The Morgan fingerprint density at radius 2 is 1.59 bits per heavy atom. The summed E-state index contributed by atoms with van der Waals surface area (Å²) in [6, 6.07) is 20.5. The van der Waals surface area contributed by atoms with Crippen LogP contribution in [0.5, 0.6) is 0 Å². The average Bonchev–Trinajstić information content (AvgIpc) is 3.51. The topological polar surface area (TPSA) is 76.0 Å². The zero-order valence-electron chi connectivity index (χ0n) is 14.8. The van der Waals surface area contributed by atoms with Crippen molar-refractivity contribution in [1.29, 1.82) is 0 Å². The van der Waals surface area contributed by atoms with Crippen molar-refractivity contribution in [2.75, 3.05) is 10.6 Å². The molecule has 0 aliphatic heterocycles. The lowest BCUT2D eigenvalue weighted by Gasteiger charge is -2.10. The quantitative estimate of drug-likeness (QED) is 0.705. The number of nitrogens with one attached hydrogen (secondary N) is 2. The number of hydrogen-bond acceptors (Lipinski definition) is 4. The Hall–Kier alpha value is -3.41. The van der Waals surface area contributed by atoms with Crippen LogP contribution in [0.1, 0.15) is 24.5 Å². The summed E-state index contributed by atoms with van der Waals surface area (Å²) in [4.78, 5) is 24.2. The summed E-state index contributed by atoms with van der Waals surface area (Å²) in [7, 11) is 0. The first-order valence-electron chi connectivity index (χ1n) is 8.97. The zero-order valence-corrected chi connectivity index (χ0v) is 14.8. The summed E-state index contributed by atoms with van der Waals surface area (Å²) in [5.74, 6) is 0.158. The summed E-state index contributed by atoms with van der Waals surface area (Å²) in [5.41, 5.74) is 3.21. The van der Waals surface area contributed by atoms with Gasteiger partial charge in [-0.3, -0.25) is 9.59 Å². The van der Waals surface area contributed by atoms with Crippen molar-refractivity contribution < 1.29 is 4.79 Å². The maximum atomic E-state index is 12.3. The number of hydrogen-bond donors (Lipinski definition) is 2. The number of para-hydroxylation sites is 1. The van der Waals surface area contributed by atoms with Gasteiger partial charge in [0.25, 0.3) is 5.56 Å². The fourth-order valence-electron chi connectivity index (χ4n) is 2.84. The number of carbonyl (C=O) groups is 1.